The molecule has 0 aliphatic carbocycles. The maximum atomic E-state index is 12.5. The molecule has 0 saturated carbocycles. The third kappa shape index (κ3) is 4.41. The van der Waals surface area contributed by atoms with Crippen molar-refractivity contribution >= 4 is 29.0 Å². The maximum Gasteiger partial charge on any atom is 0.259 e. The van der Waals surface area contributed by atoms with Crippen LogP contribution in [0.5, 0.6) is 0 Å². The number of anilines is 1. The van der Waals surface area contributed by atoms with Crippen molar-refractivity contribution in [2.75, 3.05) is 11.9 Å². The minimum Gasteiger partial charge on any atom is -0.352 e. The predicted octanol–water partition coefficient (Wildman–Crippen LogP) is 3.67. The summed E-state index contributed by atoms with van der Waals surface area (Å²) in [7, 11) is 0. The van der Waals surface area contributed by atoms with Gasteiger partial charge in [0.2, 0.25) is 11.8 Å². The average Bonchev–Trinajstić information content (AvgIpc) is 3.16. The molecular formula is C16H21N3O3S. The zero-order valence-corrected chi connectivity index (χ0v) is 14.2. The summed E-state index contributed by atoms with van der Waals surface area (Å²) in [5, 5.41) is 13.3. The van der Waals surface area contributed by atoms with E-state index in [0.29, 0.717) is 18.7 Å². The molecule has 2 aromatic rings. The maximum absolute atomic E-state index is 12.5. The summed E-state index contributed by atoms with van der Waals surface area (Å²) in [6.07, 6.45) is 2.96. The van der Waals surface area contributed by atoms with Gasteiger partial charge in [-0.2, -0.15) is 11.3 Å². The molecule has 124 valence electrons. The highest BCUT2D eigenvalue weighted by Crippen LogP contribution is 2.30. The fraction of sp³-hybridized carbons (Fsp3) is 0.438. The van der Waals surface area contributed by atoms with Crippen molar-refractivity contribution in [2.45, 2.75) is 39.5 Å². The Morgan fingerprint density at radius 3 is 2.78 bits per heavy atom. The van der Waals surface area contributed by atoms with Gasteiger partial charge >= 0.3 is 0 Å². The van der Waals surface area contributed by atoms with Gasteiger partial charge in [0.15, 0.2) is 0 Å². The van der Waals surface area contributed by atoms with Gasteiger partial charge in [-0.1, -0.05) is 25.4 Å². The van der Waals surface area contributed by atoms with Crippen molar-refractivity contribution in [3.05, 3.63) is 22.4 Å². The molecule has 2 heterocycles. The van der Waals surface area contributed by atoms with Crippen molar-refractivity contribution in [1.29, 1.82) is 0 Å². The molecule has 0 radical (unpaired) electrons. The highest BCUT2D eigenvalue weighted by Gasteiger charge is 2.25. The number of amides is 2. The standard InChI is InChI=1S/C16H21N3O3S/c1-3-5-8-17-15(21)13-14(11-7-9-23-10-11)19-22-16(13)18-12(20)6-4-2/h7,9-10H,3-6,8H2,1-2H3,(H,17,21)(H,18,20). The van der Waals surface area contributed by atoms with E-state index in [4.69, 9.17) is 4.52 Å². The topological polar surface area (TPSA) is 84.2 Å². The molecule has 0 fully saturated rings. The molecule has 0 atom stereocenters. The monoisotopic (exact) mass is 335 g/mol. The largest absolute Gasteiger partial charge is 0.352 e. The molecule has 7 heteroatoms. The smallest absolute Gasteiger partial charge is 0.259 e. The summed E-state index contributed by atoms with van der Waals surface area (Å²) in [5.74, 6) is -0.366. The van der Waals surface area contributed by atoms with E-state index in [0.717, 1.165) is 24.8 Å². The van der Waals surface area contributed by atoms with Gasteiger partial charge in [0.25, 0.3) is 5.91 Å². The zero-order chi connectivity index (χ0) is 16.7. The van der Waals surface area contributed by atoms with Crippen LogP contribution in [0.3, 0.4) is 0 Å². The summed E-state index contributed by atoms with van der Waals surface area (Å²) in [6, 6.07) is 1.86. The number of carbonyl (C=O) groups is 2. The zero-order valence-electron chi connectivity index (χ0n) is 13.3. The first kappa shape index (κ1) is 17.2. The molecule has 0 aliphatic heterocycles. The molecule has 23 heavy (non-hydrogen) atoms. The normalized spacial score (nSPS) is 10.5. The minimum absolute atomic E-state index is 0.110. The number of nitrogens with zero attached hydrogens (tertiary/aromatic N) is 1. The summed E-state index contributed by atoms with van der Waals surface area (Å²) >= 11 is 1.51. The average molecular weight is 335 g/mol. The molecule has 0 spiro atoms. The van der Waals surface area contributed by atoms with E-state index in [1.54, 1.807) is 0 Å². The van der Waals surface area contributed by atoms with Crippen molar-refractivity contribution < 1.29 is 14.1 Å². The van der Waals surface area contributed by atoms with Crippen molar-refractivity contribution in [1.82, 2.24) is 10.5 Å². The van der Waals surface area contributed by atoms with Crippen LogP contribution in [0.4, 0.5) is 5.88 Å². The van der Waals surface area contributed by atoms with E-state index in [1.165, 1.54) is 11.3 Å². The number of carbonyl (C=O) groups excluding carboxylic acids is 2. The molecule has 2 N–H and O–H groups in total. The van der Waals surface area contributed by atoms with E-state index in [2.05, 4.69) is 22.7 Å². The van der Waals surface area contributed by atoms with E-state index in [9.17, 15) is 9.59 Å². The molecule has 0 unspecified atom stereocenters. The van der Waals surface area contributed by atoms with E-state index < -0.39 is 0 Å². The van der Waals surface area contributed by atoms with Gasteiger partial charge in [0, 0.05) is 23.9 Å². The van der Waals surface area contributed by atoms with Crippen LogP contribution >= 0.6 is 11.3 Å². The van der Waals surface area contributed by atoms with Gasteiger partial charge < -0.3 is 9.84 Å². The van der Waals surface area contributed by atoms with Gasteiger partial charge in [-0.15, -0.1) is 0 Å². The Morgan fingerprint density at radius 1 is 1.30 bits per heavy atom. The molecule has 2 rings (SSSR count). The SMILES string of the molecule is CCCCNC(=O)c1c(-c2ccsc2)noc1NC(=O)CCC. The predicted molar refractivity (Wildman–Crippen MR) is 90.6 cm³/mol. The Balaban J connectivity index is 2.27. The molecule has 2 amide bonds. The van der Waals surface area contributed by atoms with Crippen LogP contribution in [0.1, 0.15) is 49.9 Å². The first-order valence-electron chi connectivity index (χ1n) is 7.77. The highest BCUT2D eigenvalue weighted by molar-refractivity contribution is 7.08. The molecule has 6 nitrogen and oxygen atoms in total. The Morgan fingerprint density at radius 2 is 2.13 bits per heavy atom. The quantitative estimate of drug-likeness (QED) is 0.721. The number of thiophene rings is 1. The number of rotatable bonds is 8. The number of hydrogen-bond donors (Lipinski definition) is 2. The summed E-state index contributed by atoms with van der Waals surface area (Å²) in [5.41, 5.74) is 1.53. The van der Waals surface area contributed by atoms with Gasteiger partial charge in [-0.3, -0.25) is 14.9 Å². The third-order valence-corrected chi connectivity index (χ3v) is 3.94. The lowest BCUT2D eigenvalue weighted by atomic mass is 10.1. The Bertz CT molecular complexity index is 650. The van der Waals surface area contributed by atoms with Crippen LogP contribution in [0.15, 0.2) is 21.3 Å². The van der Waals surface area contributed by atoms with E-state index >= 15 is 0 Å². The van der Waals surface area contributed by atoms with Gasteiger partial charge in [0.05, 0.1) is 0 Å². The molecule has 0 bridgehead atoms. The second-order valence-electron chi connectivity index (χ2n) is 5.15. The van der Waals surface area contributed by atoms with Crippen LogP contribution in [-0.2, 0) is 4.79 Å². The fourth-order valence-corrected chi connectivity index (χ4v) is 2.71. The second kappa shape index (κ2) is 8.47. The van der Waals surface area contributed by atoms with Crippen LogP contribution < -0.4 is 10.6 Å². The highest BCUT2D eigenvalue weighted by atomic mass is 32.1. The Hall–Kier alpha value is -2.15. The first-order valence-corrected chi connectivity index (χ1v) is 8.71. The lowest BCUT2D eigenvalue weighted by Crippen LogP contribution is -2.26. The summed E-state index contributed by atoms with van der Waals surface area (Å²) < 4.78 is 5.23. The number of hydrogen-bond acceptors (Lipinski definition) is 5. The lowest BCUT2D eigenvalue weighted by molar-refractivity contribution is -0.116. The fourth-order valence-electron chi connectivity index (χ4n) is 2.07. The van der Waals surface area contributed by atoms with Gasteiger partial charge in [0.1, 0.15) is 11.3 Å². The molecular weight excluding hydrogens is 314 g/mol. The Labute approximate surface area is 139 Å². The van der Waals surface area contributed by atoms with Crippen LogP contribution in [0.2, 0.25) is 0 Å². The Kier molecular flexibility index (Phi) is 6.34. The van der Waals surface area contributed by atoms with Crippen LogP contribution in [0.25, 0.3) is 11.3 Å². The van der Waals surface area contributed by atoms with Gasteiger partial charge in [-0.05, 0) is 24.3 Å². The van der Waals surface area contributed by atoms with E-state index in [-0.39, 0.29) is 23.3 Å². The molecule has 0 aliphatic rings. The third-order valence-electron chi connectivity index (χ3n) is 3.26. The minimum atomic E-state index is -0.285. The second-order valence-corrected chi connectivity index (χ2v) is 5.93. The molecule has 2 aromatic heterocycles. The number of unbranched alkanes of at least 4 members (excludes halogenated alkanes) is 1. The number of nitrogens with one attached hydrogen (secondary N) is 2. The molecule has 0 saturated heterocycles. The summed E-state index contributed by atoms with van der Waals surface area (Å²) in [4.78, 5) is 24.3. The van der Waals surface area contributed by atoms with Crippen molar-refractivity contribution in [3.63, 3.8) is 0 Å². The van der Waals surface area contributed by atoms with Crippen molar-refractivity contribution in [3.8, 4) is 11.3 Å². The van der Waals surface area contributed by atoms with Gasteiger partial charge in [-0.25, -0.2) is 0 Å². The molecule has 0 aromatic carbocycles. The van der Waals surface area contributed by atoms with E-state index in [1.807, 2.05) is 23.8 Å². The van der Waals surface area contributed by atoms with Crippen LogP contribution in [0, 0.1) is 0 Å². The first-order chi connectivity index (χ1) is 11.2. The van der Waals surface area contributed by atoms with Crippen molar-refractivity contribution in [2.24, 2.45) is 0 Å². The van der Waals surface area contributed by atoms with Crippen LogP contribution in [-0.4, -0.2) is 23.5 Å². The number of aromatic nitrogens is 1. The lowest BCUT2D eigenvalue weighted by Gasteiger charge is -2.06. The summed E-state index contributed by atoms with van der Waals surface area (Å²) in [6.45, 7) is 4.54.